The Kier molecular flexibility index (Phi) is 8.01. The third-order valence-electron chi connectivity index (χ3n) is 11.9. The zero-order valence-electron chi connectivity index (χ0n) is 24.8. The van der Waals surface area contributed by atoms with Crippen LogP contribution in [-0.4, -0.2) is 12.1 Å². The van der Waals surface area contributed by atoms with Gasteiger partial charge in [0.05, 0.1) is 5.56 Å². The molecule has 0 aliphatic heterocycles. The van der Waals surface area contributed by atoms with E-state index in [0.29, 0.717) is 16.4 Å². The molecule has 1 unspecified atom stereocenters. The monoisotopic (exact) mass is 516 g/mol. The van der Waals surface area contributed by atoms with Gasteiger partial charge < -0.3 is 4.74 Å². The van der Waals surface area contributed by atoms with Crippen molar-refractivity contribution in [3.05, 3.63) is 53.6 Å². The molecule has 0 saturated heterocycles. The Balaban J connectivity index is 1.24. The predicted octanol–water partition coefficient (Wildman–Crippen LogP) is 9.90. The molecule has 0 spiro atoms. The molecule has 0 radical (unpaired) electrons. The smallest absolute Gasteiger partial charge is 0.338 e. The first-order valence-electron chi connectivity index (χ1n) is 15.8. The summed E-state index contributed by atoms with van der Waals surface area (Å²) in [6, 6.07) is 7.58. The molecule has 4 aliphatic carbocycles. The van der Waals surface area contributed by atoms with Gasteiger partial charge in [0.25, 0.3) is 0 Å². The minimum atomic E-state index is -0.184. The van der Waals surface area contributed by atoms with E-state index in [0.717, 1.165) is 60.3 Å². The summed E-state index contributed by atoms with van der Waals surface area (Å²) in [5.41, 5.74) is 4.08. The number of allylic oxidation sites excluding steroid dienone is 1. The van der Waals surface area contributed by atoms with Gasteiger partial charge in [-0.3, -0.25) is 0 Å². The quantitative estimate of drug-likeness (QED) is 0.254. The molecular weight excluding hydrogens is 464 g/mol. The minimum Gasteiger partial charge on any atom is -0.458 e. The van der Waals surface area contributed by atoms with Gasteiger partial charge in [-0.1, -0.05) is 90.3 Å². The van der Waals surface area contributed by atoms with Gasteiger partial charge in [-0.05, 0) is 109 Å². The summed E-state index contributed by atoms with van der Waals surface area (Å²) in [5, 5.41) is 0. The summed E-state index contributed by atoms with van der Waals surface area (Å²) in [5.74, 6) is 4.96. The number of carbonyl (C=O) groups is 1. The lowest BCUT2D eigenvalue weighted by atomic mass is 9.47. The molecule has 0 N–H and O–H groups in total. The van der Waals surface area contributed by atoms with Crippen molar-refractivity contribution in [1.29, 1.82) is 0 Å². The highest BCUT2D eigenvalue weighted by atomic mass is 16.5. The average Bonchev–Trinajstić information content (AvgIpc) is 3.26. The number of hydrogen-bond acceptors (Lipinski definition) is 2. The number of benzene rings is 1. The van der Waals surface area contributed by atoms with E-state index in [1.54, 1.807) is 11.6 Å². The van der Waals surface area contributed by atoms with E-state index in [-0.39, 0.29) is 12.1 Å². The van der Waals surface area contributed by atoms with E-state index in [2.05, 4.69) is 47.3 Å². The Morgan fingerprint density at radius 3 is 2.50 bits per heavy atom. The topological polar surface area (TPSA) is 26.3 Å². The van der Waals surface area contributed by atoms with Crippen LogP contribution < -0.4 is 0 Å². The van der Waals surface area contributed by atoms with Crippen LogP contribution in [0.15, 0.2) is 42.5 Å². The summed E-state index contributed by atoms with van der Waals surface area (Å²) in [4.78, 5) is 12.9. The van der Waals surface area contributed by atoms with Crippen LogP contribution >= 0.6 is 0 Å². The molecule has 0 heterocycles. The molecule has 8 atom stereocenters. The van der Waals surface area contributed by atoms with Crippen molar-refractivity contribution in [2.24, 2.45) is 46.3 Å². The van der Waals surface area contributed by atoms with Crippen molar-refractivity contribution in [3.8, 4) is 0 Å². The van der Waals surface area contributed by atoms with Crippen LogP contribution in [0.1, 0.15) is 121 Å². The van der Waals surface area contributed by atoms with E-state index in [1.807, 2.05) is 24.3 Å². The van der Waals surface area contributed by atoms with Crippen molar-refractivity contribution < 1.29 is 9.53 Å². The first kappa shape index (κ1) is 27.7. The molecular formula is C36H52O2. The van der Waals surface area contributed by atoms with Gasteiger partial charge in [-0.25, -0.2) is 4.79 Å². The molecule has 3 saturated carbocycles. The predicted molar refractivity (Wildman–Crippen MR) is 159 cm³/mol. The van der Waals surface area contributed by atoms with E-state index >= 15 is 0 Å². The van der Waals surface area contributed by atoms with Gasteiger partial charge in [-0.15, -0.1) is 0 Å². The zero-order chi connectivity index (χ0) is 27.1. The van der Waals surface area contributed by atoms with Gasteiger partial charge in [-0.2, -0.15) is 0 Å². The van der Waals surface area contributed by atoms with Crippen LogP contribution in [0.4, 0.5) is 0 Å². The largest absolute Gasteiger partial charge is 0.458 e. The van der Waals surface area contributed by atoms with E-state index < -0.39 is 0 Å². The summed E-state index contributed by atoms with van der Waals surface area (Å²) in [6.45, 7) is 16.3. The Bertz CT molecular complexity index is 1030. The first-order valence-corrected chi connectivity index (χ1v) is 15.8. The summed E-state index contributed by atoms with van der Waals surface area (Å²) < 4.78 is 6.05. The van der Waals surface area contributed by atoms with Gasteiger partial charge in [0.1, 0.15) is 6.10 Å². The second-order valence-electron chi connectivity index (χ2n) is 14.4. The summed E-state index contributed by atoms with van der Waals surface area (Å²) in [6.07, 6.45) is 18.6. The van der Waals surface area contributed by atoms with E-state index in [4.69, 9.17) is 4.74 Å². The van der Waals surface area contributed by atoms with Gasteiger partial charge >= 0.3 is 5.97 Å². The Morgan fingerprint density at radius 1 is 1.03 bits per heavy atom. The molecule has 208 valence electrons. The number of esters is 1. The lowest BCUT2D eigenvalue weighted by Gasteiger charge is -2.58. The normalized spacial score (nSPS) is 37.0. The van der Waals surface area contributed by atoms with Crippen LogP contribution in [0.3, 0.4) is 0 Å². The fourth-order valence-corrected chi connectivity index (χ4v) is 9.73. The van der Waals surface area contributed by atoms with Crippen molar-refractivity contribution in [2.45, 2.75) is 111 Å². The third kappa shape index (κ3) is 5.06. The maximum atomic E-state index is 12.9. The highest BCUT2D eigenvalue weighted by molar-refractivity contribution is 5.89. The molecule has 0 aromatic heterocycles. The van der Waals surface area contributed by atoms with Crippen LogP contribution in [0.5, 0.6) is 0 Å². The van der Waals surface area contributed by atoms with E-state index in [9.17, 15) is 4.79 Å². The van der Waals surface area contributed by atoms with Crippen LogP contribution in [0.25, 0.3) is 6.08 Å². The third-order valence-corrected chi connectivity index (χ3v) is 11.9. The van der Waals surface area contributed by atoms with Crippen LogP contribution in [-0.2, 0) is 4.74 Å². The molecule has 1 aromatic carbocycles. The van der Waals surface area contributed by atoms with Crippen molar-refractivity contribution in [3.63, 3.8) is 0 Å². The minimum absolute atomic E-state index is 0.00821. The molecule has 2 heteroatoms. The highest BCUT2D eigenvalue weighted by Gasteiger charge is 2.59. The molecule has 2 nitrogen and oxygen atoms in total. The molecule has 38 heavy (non-hydrogen) atoms. The lowest BCUT2D eigenvalue weighted by molar-refractivity contribution is -0.0594. The van der Waals surface area contributed by atoms with Crippen LogP contribution in [0, 0.1) is 46.3 Å². The number of carbonyl (C=O) groups excluding carboxylic acids is 1. The fraction of sp³-hybridized carbons (Fsp3) is 0.694. The molecule has 0 amide bonds. The summed E-state index contributed by atoms with van der Waals surface area (Å²) >= 11 is 0. The number of hydrogen-bond donors (Lipinski definition) is 0. The Morgan fingerprint density at radius 2 is 1.79 bits per heavy atom. The lowest BCUT2D eigenvalue weighted by Crippen LogP contribution is -2.51. The molecule has 4 aliphatic rings. The number of ether oxygens (including phenoxy) is 1. The van der Waals surface area contributed by atoms with Crippen molar-refractivity contribution in [2.75, 3.05) is 0 Å². The molecule has 1 aromatic rings. The van der Waals surface area contributed by atoms with Gasteiger partial charge in [0, 0.05) is 6.42 Å². The maximum absolute atomic E-state index is 12.9. The SMILES string of the molecule is C=Cc1ccc(C(=O)OC2CC[C@@]3(C)C(=CC[C@H]4[C@@H]5CC[C@H]([C@H](C)CCCC(C)C)[C@@]5(C)CC[C@@H]43)C2)cc1. The Labute approximate surface area is 232 Å². The van der Waals surface area contributed by atoms with Gasteiger partial charge in [0.2, 0.25) is 0 Å². The van der Waals surface area contributed by atoms with Crippen molar-refractivity contribution >= 4 is 12.0 Å². The zero-order valence-corrected chi connectivity index (χ0v) is 24.8. The Hall–Kier alpha value is -1.83. The number of fused-ring (bicyclic) bond motifs is 5. The fourth-order valence-electron chi connectivity index (χ4n) is 9.73. The molecule has 0 bridgehead atoms. The highest BCUT2D eigenvalue weighted by Crippen LogP contribution is 2.67. The first-order chi connectivity index (χ1) is 18.2. The molecule has 5 rings (SSSR count). The van der Waals surface area contributed by atoms with Gasteiger partial charge in [0.15, 0.2) is 0 Å². The number of rotatable bonds is 8. The maximum Gasteiger partial charge on any atom is 0.338 e. The summed E-state index contributed by atoms with van der Waals surface area (Å²) in [7, 11) is 0. The average molecular weight is 517 g/mol. The van der Waals surface area contributed by atoms with Crippen LogP contribution in [0.2, 0.25) is 0 Å². The molecule has 3 fully saturated rings. The standard InChI is InChI=1S/C36H52O2/c1-7-26-11-13-27(14-12-26)34(37)38-29-19-21-35(5)28(23-29)15-16-30-32-18-17-31(25(4)10-8-9-24(2)3)36(32,6)22-20-33(30)35/h7,11-15,24-25,29-33H,1,8-10,16-23H2,2-6H3/t25-,29?,30+,31-,32+,33+,35+,36-/m1/s1. The second kappa shape index (κ2) is 11.0. The second-order valence-corrected chi connectivity index (χ2v) is 14.4. The van der Waals surface area contributed by atoms with Crippen molar-refractivity contribution in [1.82, 2.24) is 0 Å². The van der Waals surface area contributed by atoms with E-state index in [1.165, 1.54) is 51.4 Å².